The average Bonchev–Trinajstić information content (AvgIpc) is 3.86. The summed E-state index contributed by atoms with van der Waals surface area (Å²) in [5, 5.41) is 15.7. The topological polar surface area (TPSA) is 102 Å². The normalized spacial score (nSPS) is 19.8. The van der Waals surface area contributed by atoms with Crippen molar-refractivity contribution in [3.63, 3.8) is 0 Å². The molecule has 0 radical (unpaired) electrons. The van der Waals surface area contributed by atoms with E-state index >= 15 is 0 Å². The van der Waals surface area contributed by atoms with Crippen LogP contribution in [0.4, 0.5) is 5.69 Å². The van der Waals surface area contributed by atoms with Gasteiger partial charge in [0.05, 0.1) is 21.7 Å². The summed E-state index contributed by atoms with van der Waals surface area (Å²) in [6, 6.07) is 7.59. The Hall–Kier alpha value is -3.62. The first-order valence-corrected chi connectivity index (χ1v) is 15.2. The van der Waals surface area contributed by atoms with Gasteiger partial charge >= 0.3 is 5.97 Å². The SMILES string of the molecule is O=C(O)c1cc(OC2CC2)c2cc(N3CC4(CC(C=Cc5c(-c6c(Cl)cncc6Cl)noc5C5CC5)C4)C3)ccc2n1. The lowest BCUT2D eigenvalue weighted by Gasteiger charge is -2.59. The van der Waals surface area contributed by atoms with Gasteiger partial charge in [0, 0.05) is 65.1 Å². The van der Waals surface area contributed by atoms with Crippen LogP contribution in [0, 0.1) is 11.3 Å². The van der Waals surface area contributed by atoms with E-state index in [0.717, 1.165) is 74.0 Å². The molecule has 4 fully saturated rings. The molecule has 0 bridgehead atoms. The number of pyridine rings is 2. The van der Waals surface area contributed by atoms with Crippen molar-refractivity contribution in [2.24, 2.45) is 11.3 Å². The molecule has 3 saturated carbocycles. The van der Waals surface area contributed by atoms with E-state index in [1.807, 2.05) is 12.1 Å². The Morgan fingerprint density at radius 3 is 2.55 bits per heavy atom. The molecule has 10 heteroatoms. The van der Waals surface area contributed by atoms with Crippen LogP contribution in [0.5, 0.6) is 5.75 Å². The van der Waals surface area contributed by atoms with Gasteiger partial charge in [-0.3, -0.25) is 4.98 Å². The summed E-state index contributed by atoms with van der Waals surface area (Å²) in [4.78, 5) is 22.4. The highest BCUT2D eigenvalue weighted by Crippen LogP contribution is 2.54. The number of halogens is 2. The van der Waals surface area contributed by atoms with Gasteiger partial charge in [-0.05, 0) is 62.6 Å². The zero-order chi connectivity index (χ0) is 28.6. The molecule has 4 aliphatic rings. The number of aromatic carboxylic acids is 1. The van der Waals surface area contributed by atoms with Gasteiger partial charge in [0.25, 0.3) is 0 Å². The van der Waals surface area contributed by atoms with E-state index in [4.69, 9.17) is 32.5 Å². The molecule has 1 N–H and O–H groups in total. The molecule has 3 aliphatic carbocycles. The van der Waals surface area contributed by atoms with Gasteiger partial charge in [-0.1, -0.05) is 40.5 Å². The predicted octanol–water partition coefficient (Wildman–Crippen LogP) is 7.64. The third kappa shape index (κ3) is 4.61. The first-order valence-electron chi connectivity index (χ1n) is 14.4. The number of carbonyl (C=O) groups is 1. The molecule has 1 aliphatic heterocycles. The Morgan fingerprint density at radius 2 is 1.86 bits per heavy atom. The molecule has 1 spiro atoms. The number of aromatic nitrogens is 3. The summed E-state index contributed by atoms with van der Waals surface area (Å²) in [7, 11) is 0. The number of hydrogen-bond acceptors (Lipinski definition) is 7. The van der Waals surface area contributed by atoms with Crippen LogP contribution >= 0.6 is 23.2 Å². The van der Waals surface area contributed by atoms with E-state index in [0.29, 0.717) is 49.8 Å². The molecule has 0 amide bonds. The Labute approximate surface area is 252 Å². The van der Waals surface area contributed by atoms with Crippen LogP contribution in [0.1, 0.15) is 66.3 Å². The van der Waals surface area contributed by atoms with E-state index in [1.165, 1.54) is 0 Å². The second-order valence-electron chi connectivity index (χ2n) is 12.3. The van der Waals surface area contributed by atoms with Crippen molar-refractivity contribution in [1.29, 1.82) is 0 Å². The predicted molar refractivity (Wildman–Crippen MR) is 160 cm³/mol. The quantitative estimate of drug-likeness (QED) is 0.219. The van der Waals surface area contributed by atoms with Crippen LogP contribution in [-0.2, 0) is 0 Å². The second kappa shape index (κ2) is 9.71. The summed E-state index contributed by atoms with van der Waals surface area (Å²) in [5.74, 6) is 1.37. The number of hydrogen-bond donors (Lipinski definition) is 1. The summed E-state index contributed by atoms with van der Waals surface area (Å²) in [6.07, 6.45) is 14.3. The van der Waals surface area contributed by atoms with Crippen molar-refractivity contribution >= 4 is 51.8 Å². The summed E-state index contributed by atoms with van der Waals surface area (Å²) < 4.78 is 11.9. The van der Waals surface area contributed by atoms with Gasteiger partial charge in [0.15, 0.2) is 5.69 Å². The van der Waals surface area contributed by atoms with Crippen molar-refractivity contribution in [3.05, 3.63) is 69.8 Å². The number of allylic oxidation sites excluding steroid dienone is 1. The first-order chi connectivity index (χ1) is 20.4. The van der Waals surface area contributed by atoms with Crippen LogP contribution < -0.4 is 9.64 Å². The van der Waals surface area contributed by atoms with E-state index in [2.05, 4.69) is 38.2 Å². The van der Waals surface area contributed by atoms with Gasteiger partial charge in [-0.2, -0.15) is 0 Å². The highest BCUT2D eigenvalue weighted by Gasteiger charge is 2.51. The molecule has 214 valence electrons. The fraction of sp³-hybridized carbons (Fsp3) is 0.375. The van der Waals surface area contributed by atoms with Gasteiger partial charge in [0.1, 0.15) is 17.2 Å². The standard InChI is InChI=1S/C32H28Cl2N4O4/c33-23-13-35-14-24(34)28(23)29-21(30(42-37-29)18-2-3-18)7-1-17-11-32(12-17)15-38(16-32)19-4-8-25-22(9-19)27(41-20-5-6-20)10-26(36-25)31(39)40/h1,4,7-10,13-14,17-18,20H,2-3,5-6,11-12,15-16H2,(H,39,40). The maximum atomic E-state index is 11.6. The highest BCUT2D eigenvalue weighted by molar-refractivity contribution is 6.39. The maximum absolute atomic E-state index is 11.6. The number of anilines is 1. The van der Waals surface area contributed by atoms with Crippen LogP contribution in [0.15, 0.2) is 47.3 Å². The minimum absolute atomic E-state index is 0.0110. The van der Waals surface area contributed by atoms with Gasteiger partial charge < -0.3 is 19.3 Å². The van der Waals surface area contributed by atoms with E-state index in [9.17, 15) is 9.90 Å². The lowest BCUT2D eigenvalue weighted by atomic mass is 9.57. The molecule has 8 rings (SSSR count). The number of benzene rings is 1. The lowest BCUT2D eigenvalue weighted by Crippen LogP contribution is -2.62. The summed E-state index contributed by atoms with van der Waals surface area (Å²) in [5.41, 5.74) is 4.41. The number of ether oxygens (including phenoxy) is 1. The molecule has 1 aromatic carbocycles. The molecule has 8 nitrogen and oxygen atoms in total. The fourth-order valence-electron chi connectivity index (χ4n) is 6.51. The number of carboxylic acids is 1. The van der Waals surface area contributed by atoms with Crippen molar-refractivity contribution < 1.29 is 19.2 Å². The van der Waals surface area contributed by atoms with Crippen LogP contribution in [0.25, 0.3) is 28.2 Å². The third-order valence-electron chi connectivity index (χ3n) is 8.93. The minimum atomic E-state index is -1.05. The molecule has 0 atom stereocenters. The number of nitrogens with zero attached hydrogens (tertiary/aromatic N) is 4. The smallest absolute Gasteiger partial charge is 0.354 e. The van der Waals surface area contributed by atoms with E-state index in [-0.39, 0.29) is 11.8 Å². The van der Waals surface area contributed by atoms with E-state index in [1.54, 1.807) is 18.5 Å². The van der Waals surface area contributed by atoms with Crippen LogP contribution in [0.2, 0.25) is 10.0 Å². The largest absolute Gasteiger partial charge is 0.490 e. The molecule has 1 saturated heterocycles. The van der Waals surface area contributed by atoms with Crippen molar-refractivity contribution in [2.75, 3.05) is 18.0 Å². The monoisotopic (exact) mass is 602 g/mol. The van der Waals surface area contributed by atoms with Crippen LogP contribution in [0.3, 0.4) is 0 Å². The zero-order valence-electron chi connectivity index (χ0n) is 22.7. The van der Waals surface area contributed by atoms with Gasteiger partial charge in [0.2, 0.25) is 0 Å². The van der Waals surface area contributed by atoms with Crippen molar-refractivity contribution in [3.8, 4) is 17.0 Å². The van der Waals surface area contributed by atoms with Crippen LogP contribution in [-0.4, -0.2) is 45.4 Å². The minimum Gasteiger partial charge on any atom is -0.490 e. The third-order valence-corrected chi connectivity index (χ3v) is 9.50. The summed E-state index contributed by atoms with van der Waals surface area (Å²) >= 11 is 12.9. The lowest BCUT2D eigenvalue weighted by molar-refractivity contribution is 0.0486. The second-order valence-corrected chi connectivity index (χ2v) is 13.1. The molecule has 0 unspecified atom stereocenters. The fourth-order valence-corrected chi connectivity index (χ4v) is 7.05. The van der Waals surface area contributed by atoms with E-state index < -0.39 is 5.97 Å². The molecule has 42 heavy (non-hydrogen) atoms. The number of fused-ring (bicyclic) bond motifs is 1. The Kier molecular flexibility index (Phi) is 6.02. The zero-order valence-corrected chi connectivity index (χ0v) is 24.2. The Bertz CT molecular complexity index is 1740. The molecule has 4 heterocycles. The maximum Gasteiger partial charge on any atom is 0.354 e. The number of rotatable bonds is 8. The molecular weight excluding hydrogens is 575 g/mol. The average molecular weight is 604 g/mol. The molecular formula is C32H28Cl2N4O4. The highest BCUT2D eigenvalue weighted by atomic mass is 35.5. The van der Waals surface area contributed by atoms with Gasteiger partial charge in [-0.15, -0.1) is 0 Å². The molecule has 3 aromatic heterocycles. The first kappa shape index (κ1) is 26.0. The van der Waals surface area contributed by atoms with Crippen molar-refractivity contribution in [2.45, 2.75) is 50.5 Å². The van der Waals surface area contributed by atoms with Gasteiger partial charge in [-0.25, -0.2) is 9.78 Å². The Balaban J connectivity index is 0.973. The Morgan fingerprint density at radius 1 is 1.10 bits per heavy atom. The molecule has 4 aromatic rings. The summed E-state index contributed by atoms with van der Waals surface area (Å²) in [6.45, 7) is 1.99. The number of carboxylic acid groups (broad SMARTS) is 1. The van der Waals surface area contributed by atoms with Crippen molar-refractivity contribution in [1.82, 2.24) is 15.1 Å².